The summed E-state index contributed by atoms with van der Waals surface area (Å²) in [5.74, 6) is 0.142. The first kappa shape index (κ1) is 12.6. The normalized spacial score (nSPS) is 11.2. The molecule has 0 spiro atoms. The smallest absolute Gasteiger partial charge is 0.339 e. The number of para-hydroxylation sites is 1. The van der Waals surface area contributed by atoms with Gasteiger partial charge in [0.25, 0.3) is 0 Å². The Morgan fingerprint density at radius 2 is 1.56 bits per heavy atom. The van der Waals surface area contributed by atoms with E-state index in [0.717, 1.165) is 0 Å². The van der Waals surface area contributed by atoms with E-state index >= 15 is 0 Å². The molecular weight excluding hydrogens is 252 g/mol. The predicted octanol–water partition coefficient (Wildman–Crippen LogP) is 1.95. The van der Waals surface area contributed by atoms with Gasteiger partial charge in [-0.3, -0.25) is 0 Å². The van der Waals surface area contributed by atoms with Crippen molar-refractivity contribution >= 4 is 10.1 Å². The van der Waals surface area contributed by atoms with Crippen LogP contribution in [-0.2, 0) is 16.7 Å². The molecule has 2 aromatic carbocycles. The third-order valence-electron chi connectivity index (χ3n) is 2.37. The van der Waals surface area contributed by atoms with Crippen molar-refractivity contribution in [2.75, 3.05) is 0 Å². The van der Waals surface area contributed by atoms with Crippen LogP contribution in [0.15, 0.2) is 59.5 Å². The van der Waals surface area contributed by atoms with Gasteiger partial charge in [-0.15, -0.1) is 0 Å². The van der Waals surface area contributed by atoms with Crippen molar-refractivity contribution in [1.29, 1.82) is 0 Å². The molecule has 0 radical (unpaired) electrons. The second-order valence-electron chi connectivity index (χ2n) is 3.62. The Balaban J connectivity index is 2.34. The molecule has 4 nitrogen and oxygen atoms in total. The van der Waals surface area contributed by atoms with Crippen molar-refractivity contribution < 1.29 is 17.7 Å². The van der Waals surface area contributed by atoms with E-state index in [1.165, 1.54) is 18.2 Å². The summed E-state index contributed by atoms with van der Waals surface area (Å²) in [5, 5.41) is 9.11. The Bertz CT molecular complexity index is 620. The molecule has 0 atom stereocenters. The van der Waals surface area contributed by atoms with Crippen LogP contribution in [0, 0.1) is 0 Å². The highest BCUT2D eigenvalue weighted by atomic mass is 32.2. The molecule has 0 aliphatic rings. The molecule has 0 aromatic heterocycles. The molecule has 0 aliphatic heterocycles. The molecule has 2 rings (SSSR count). The second-order valence-corrected chi connectivity index (χ2v) is 5.16. The zero-order chi connectivity index (χ0) is 13.0. The third kappa shape index (κ3) is 2.69. The summed E-state index contributed by atoms with van der Waals surface area (Å²) in [6.45, 7) is -0.277. The second kappa shape index (κ2) is 5.20. The van der Waals surface area contributed by atoms with Gasteiger partial charge in [-0.1, -0.05) is 36.4 Å². The molecule has 0 aliphatic carbocycles. The maximum Gasteiger partial charge on any atom is 0.339 e. The van der Waals surface area contributed by atoms with E-state index in [2.05, 4.69) is 0 Å². The number of hydrogen-bond acceptors (Lipinski definition) is 4. The van der Waals surface area contributed by atoms with Crippen LogP contribution in [0.4, 0.5) is 0 Å². The molecule has 0 heterocycles. The minimum absolute atomic E-state index is 0.0812. The van der Waals surface area contributed by atoms with Crippen LogP contribution in [0.25, 0.3) is 0 Å². The first-order valence-electron chi connectivity index (χ1n) is 5.32. The summed E-state index contributed by atoms with van der Waals surface area (Å²) >= 11 is 0. The van der Waals surface area contributed by atoms with Crippen LogP contribution in [0.2, 0.25) is 0 Å². The molecule has 0 bridgehead atoms. The molecule has 0 unspecified atom stereocenters. The van der Waals surface area contributed by atoms with Gasteiger partial charge in [-0.25, -0.2) is 0 Å². The van der Waals surface area contributed by atoms with Crippen LogP contribution in [-0.4, -0.2) is 13.5 Å². The molecule has 94 valence electrons. The Kier molecular flexibility index (Phi) is 3.64. The van der Waals surface area contributed by atoms with Gasteiger partial charge in [0.05, 0.1) is 6.61 Å². The lowest BCUT2D eigenvalue weighted by molar-refractivity contribution is 0.278. The molecule has 0 amide bonds. The average molecular weight is 264 g/mol. The topological polar surface area (TPSA) is 63.6 Å². The first-order valence-corrected chi connectivity index (χ1v) is 6.72. The fourth-order valence-corrected chi connectivity index (χ4v) is 2.45. The molecule has 1 N–H and O–H groups in total. The molecular formula is C13H12O4S. The van der Waals surface area contributed by atoms with Crippen LogP contribution in [0.5, 0.6) is 5.75 Å². The summed E-state index contributed by atoms with van der Waals surface area (Å²) in [7, 11) is -3.86. The first-order chi connectivity index (χ1) is 8.63. The van der Waals surface area contributed by atoms with Gasteiger partial charge in [0.1, 0.15) is 10.6 Å². The maximum absolute atomic E-state index is 12.0. The van der Waals surface area contributed by atoms with E-state index in [1.54, 1.807) is 36.4 Å². The van der Waals surface area contributed by atoms with Gasteiger partial charge in [0.2, 0.25) is 0 Å². The van der Waals surface area contributed by atoms with Gasteiger partial charge < -0.3 is 9.29 Å². The Morgan fingerprint density at radius 1 is 0.944 bits per heavy atom. The van der Waals surface area contributed by atoms with Gasteiger partial charge in [0.15, 0.2) is 0 Å². The summed E-state index contributed by atoms with van der Waals surface area (Å²) < 4.78 is 29.0. The number of aliphatic hydroxyl groups excluding tert-OH is 1. The van der Waals surface area contributed by atoms with E-state index < -0.39 is 10.1 Å². The zero-order valence-electron chi connectivity index (χ0n) is 9.48. The lowest BCUT2D eigenvalue weighted by Gasteiger charge is -2.09. The fraction of sp³-hybridized carbons (Fsp3) is 0.0769. The molecule has 0 saturated heterocycles. The minimum atomic E-state index is -3.86. The highest BCUT2D eigenvalue weighted by molar-refractivity contribution is 7.87. The quantitative estimate of drug-likeness (QED) is 0.857. The van der Waals surface area contributed by atoms with E-state index in [0.29, 0.717) is 5.56 Å². The van der Waals surface area contributed by atoms with E-state index in [-0.39, 0.29) is 17.3 Å². The third-order valence-corrected chi connectivity index (χ3v) is 3.62. The van der Waals surface area contributed by atoms with Gasteiger partial charge in [-0.2, -0.15) is 8.42 Å². The van der Waals surface area contributed by atoms with Gasteiger partial charge >= 0.3 is 10.1 Å². The SMILES string of the molecule is O=S(=O)(Oc1ccccc1CO)c1ccccc1. The number of aliphatic hydroxyl groups is 1. The summed E-state index contributed by atoms with van der Waals surface area (Å²) in [5.41, 5.74) is 0.428. The lowest BCUT2D eigenvalue weighted by atomic mass is 10.2. The molecule has 0 fully saturated rings. The summed E-state index contributed by atoms with van der Waals surface area (Å²) in [6, 6.07) is 14.3. The summed E-state index contributed by atoms with van der Waals surface area (Å²) in [4.78, 5) is 0.0812. The Hall–Kier alpha value is -1.85. The fourth-order valence-electron chi connectivity index (χ4n) is 1.47. The van der Waals surface area contributed by atoms with Crippen molar-refractivity contribution in [1.82, 2.24) is 0 Å². The zero-order valence-corrected chi connectivity index (χ0v) is 10.3. The van der Waals surface area contributed by atoms with Gasteiger partial charge in [-0.05, 0) is 18.2 Å². The van der Waals surface area contributed by atoms with E-state index in [9.17, 15) is 8.42 Å². The molecule has 2 aromatic rings. The van der Waals surface area contributed by atoms with Crippen molar-refractivity contribution in [3.63, 3.8) is 0 Å². The molecule has 18 heavy (non-hydrogen) atoms. The van der Waals surface area contributed by atoms with Crippen LogP contribution < -0.4 is 4.18 Å². The maximum atomic E-state index is 12.0. The highest BCUT2D eigenvalue weighted by Crippen LogP contribution is 2.22. The summed E-state index contributed by atoms with van der Waals surface area (Å²) in [6.07, 6.45) is 0. The predicted molar refractivity (Wildman–Crippen MR) is 66.6 cm³/mol. The van der Waals surface area contributed by atoms with Crippen molar-refractivity contribution in [3.8, 4) is 5.75 Å². The lowest BCUT2D eigenvalue weighted by Crippen LogP contribution is -2.10. The number of benzene rings is 2. The number of hydrogen-bond donors (Lipinski definition) is 1. The van der Waals surface area contributed by atoms with Crippen LogP contribution >= 0.6 is 0 Å². The highest BCUT2D eigenvalue weighted by Gasteiger charge is 2.17. The Morgan fingerprint density at radius 3 is 2.22 bits per heavy atom. The van der Waals surface area contributed by atoms with Crippen molar-refractivity contribution in [2.24, 2.45) is 0 Å². The monoisotopic (exact) mass is 264 g/mol. The van der Waals surface area contributed by atoms with E-state index in [4.69, 9.17) is 9.29 Å². The largest absolute Gasteiger partial charge is 0.392 e. The minimum Gasteiger partial charge on any atom is -0.392 e. The van der Waals surface area contributed by atoms with Crippen LogP contribution in [0.3, 0.4) is 0 Å². The van der Waals surface area contributed by atoms with E-state index in [1.807, 2.05) is 0 Å². The molecule has 0 saturated carbocycles. The Labute approximate surface area is 106 Å². The van der Waals surface area contributed by atoms with Crippen molar-refractivity contribution in [3.05, 3.63) is 60.2 Å². The standard InChI is InChI=1S/C13H12O4S/c14-10-11-6-4-5-9-13(11)17-18(15,16)12-7-2-1-3-8-12/h1-9,14H,10H2. The van der Waals surface area contributed by atoms with Crippen molar-refractivity contribution in [2.45, 2.75) is 11.5 Å². The molecule has 5 heteroatoms. The van der Waals surface area contributed by atoms with Gasteiger partial charge in [0, 0.05) is 5.56 Å². The van der Waals surface area contributed by atoms with Crippen LogP contribution in [0.1, 0.15) is 5.56 Å². The average Bonchev–Trinajstić information content (AvgIpc) is 2.40. The number of rotatable bonds is 4.